The molecule has 9 heteroatoms. The maximum absolute atomic E-state index is 12.8. The molecule has 1 aliphatic rings. The summed E-state index contributed by atoms with van der Waals surface area (Å²) < 4.78 is 8.88. The third-order valence-corrected chi connectivity index (χ3v) is 4.96. The number of nitrogens with one attached hydrogen (secondary N) is 1. The lowest BCUT2D eigenvalue weighted by molar-refractivity contribution is 0.0359. The van der Waals surface area contributed by atoms with Crippen LogP contribution in [0.4, 0.5) is 0 Å². The lowest BCUT2D eigenvalue weighted by Gasteiger charge is -2.26. The first-order valence-corrected chi connectivity index (χ1v) is 9.81. The van der Waals surface area contributed by atoms with Crippen LogP contribution in [0.15, 0.2) is 55.0 Å². The van der Waals surface area contributed by atoms with Crippen molar-refractivity contribution in [3.05, 3.63) is 66.2 Å². The molecule has 152 valence electrons. The lowest BCUT2D eigenvalue weighted by Crippen LogP contribution is -2.38. The van der Waals surface area contributed by atoms with Crippen molar-refractivity contribution in [3.63, 3.8) is 0 Å². The number of carbonyl (C=O) groups excluding carboxylic acids is 1. The highest BCUT2D eigenvalue weighted by atomic mass is 16.5. The van der Waals surface area contributed by atoms with E-state index < -0.39 is 0 Å². The zero-order valence-electron chi connectivity index (χ0n) is 16.2. The number of amides is 1. The summed E-state index contributed by atoms with van der Waals surface area (Å²) in [5, 5.41) is 15.5. The molecule has 0 saturated carbocycles. The molecule has 0 aliphatic carbocycles. The molecule has 4 rings (SSSR count). The van der Waals surface area contributed by atoms with Crippen LogP contribution in [0.3, 0.4) is 0 Å². The van der Waals surface area contributed by atoms with Crippen molar-refractivity contribution in [2.75, 3.05) is 32.8 Å². The first kappa shape index (κ1) is 19.3. The van der Waals surface area contributed by atoms with Gasteiger partial charge in [-0.2, -0.15) is 5.10 Å². The summed E-state index contributed by atoms with van der Waals surface area (Å²) in [6, 6.07) is 11.5. The van der Waals surface area contributed by atoms with E-state index >= 15 is 0 Å². The van der Waals surface area contributed by atoms with E-state index in [1.54, 1.807) is 21.8 Å². The van der Waals surface area contributed by atoms with E-state index in [4.69, 9.17) is 4.74 Å². The summed E-state index contributed by atoms with van der Waals surface area (Å²) in [7, 11) is 0. The first-order valence-electron chi connectivity index (χ1n) is 9.81. The Hall–Kier alpha value is -3.04. The maximum atomic E-state index is 12.8. The van der Waals surface area contributed by atoms with Crippen LogP contribution in [0, 0.1) is 0 Å². The van der Waals surface area contributed by atoms with Crippen LogP contribution in [0.2, 0.25) is 0 Å². The van der Waals surface area contributed by atoms with Gasteiger partial charge >= 0.3 is 0 Å². The molecular weight excluding hydrogens is 370 g/mol. The van der Waals surface area contributed by atoms with Crippen molar-refractivity contribution in [3.8, 4) is 0 Å². The second-order valence-electron chi connectivity index (χ2n) is 6.99. The maximum Gasteiger partial charge on any atom is 0.274 e. The Morgan fingerprint density at radius 2 is 1.93 bits per heavy atom. The minimum Gasteiger partial charge on any atom is -0.379 e. The molecule has 1 unspecified atom stereocenters. The molecule has 29 heavy (non-hydrogen) atoms. The molecule has 1 amide bonds. The molecule has 1 fully saturated rings. The number of benzene rings is 1. The Morgan fingerprint density at radius 3 is 2.69 bits per heavy atom. The Bertz CT molecular complexity index is 889. The molecule has 0 radical (unpaired) electrons. The van der Waals surface area contributed by atoms with Gasteiger partial charge in [0.15, 0.2) is 5.69 Å². The van der Waals surface area contributed by atoms with Gasteiger partial charge in [0, 0.05) is 32.0 Å². The molecule has 1 aromatic carbocycles. The highest BCUT2D eigenvalue weighted by molar-refractivity contribution is 5.92. The lowest BCUT2D eigenvalue weighted by atomic mass is 10.1. The van der Waals surface area contributed by atoms with Crippen molar-refractivity contribution in [2.45, 2.75) is 19.1 Å². The predicted octanol–water partition coefficient (Wildman–Crippen LogP) is 0.978. The van der Waals surface area contributed by atoms with Crippen LogP contribution in [-0.2, 0) is 17.8 Å². The van der Waals surface area contributed by atoms with Crippen LogP contribution >= 0.6 is 0 Å². The largest absolute Gasteiger partial charge is 0.379 e. The molecule has 3 heterocycles. The van der Waals surface area contributed by atoms with Crippen LogP contribution in [0.1, 0.15) is 22.1 Å². The fourth-order valence-corrected chi connectivity index (χ4v) is 3.33. The highest BCUT2D eigenvalue weighted by Crippen LogP contribution is 2.15. The fourth-order valence-electron chi connectivity index (χ4n) is 3.33. The standard InChI is InChI=1S/C20H25N7O2/c28-20(19-16-27(24-23-19)10-9-25-11-13-29-14-12-25)22-18(15-26-8-4-7-21-26)17-5-2-1-3-6-17/h1-8,16,18H,9-15H2,(H,22,28). The summed E-state index contributed by atoms with van der Waals surface area (Å²) in [6.45, 7) is 5.47. The number of hydrogen-bond acceptors (Lipinski definition) is 6. The van der Waals surface area contributed by atoms with Crippen molar-refractivity contribution in [2.24, 2.45) is 0 Å². The summed E-state index contributed by atoms with van der Waals surface area (Å²) >= 11 is 0. The molecule has 0 bridgehead atoms. The number of nitrogens with zero attached hydrogens (tertiary/aromatic N) is 6. The van der Waals surface area contributed by atoms with E-state index in [0.29, 0.717) is 18.8 Å². The van der Waals surface area contributed by atoms with Gasteiger partial charge in [0.2, 0.25) is 0 Å². The highest BCUT2D eigenvalue weighted by Gasteiger charge is 2.19. The number of ether oxygens (including phenoxy) is 1. The third-order valence-electron chi connectivity index (χ3n) is 4.96. The van der Waals surface area contributed by atoms with Crippen LogP contribution in [-0.4, -0.2) is 68.4 Å². The Balaban J connectivity index is 1.39. The van der Waals surface area contributed by atoms with Crippen molar-refractivity contribution >= 4 is 5.91 Å². The smallest absolute Gasteiger partial charge is 0.274 e. The van der Waals surface area contributed by atoms with Gasteiger partial charge in [0.1, 0.15) is 0 Å². The average molecular weight is 395 g/mol. The van der Waals surface area contributed by atoms with Crippen LogP contribution < -0.4 is 5.32 Å². The average Bonchev–Trinajstić information content (AvgIpc) is 3.45. The van der Waals surface area contributed by atoms with Crippen LogP contribution in [0.25, 0.3) is 0 Å². The molecule has 9 nitrogen and oxygen atoms in total. The van der Waals surface area contributed by atoms with Gasteiger partial charge in [-0.25, -0.2) is 0 Å². The molecule has 1 N–H and O–H groups in total. The van der Waals surface area contributed by atoms with Crippen molar-refractivity contribution < 1.29 is 9.53 Å². The molecule has 1 saturated heterocycles. The van der Waals surface area contributed by atoms with Gasteiger partial charge in [-0.15, -0.1) is 5.10 Å². The molecule has 0 spiro atoms. The zero-order chi connectivity index (χ0) is 19.9. The summed E-state index contributed by atoms with van der Waals surface area (Å²) in [5.41, 5.74) is 1.32. The molecule has 1 atom stereocenters. The van der Waals surface area contributed by atoms with Gasteiger partial charge in [-0.3, -0.25) is 19.1 Å². The fraction of sp³-hybridized carbons (Fsp3) is 0.400. The Morgan fingerprint density at radius 1 is 1.10 bits per heavy atom. The number of hydrogen-bond donors (Lipinski definition) is 1. The Labute approximate surface area is 169 Å². The minimum absolute atomic E-state index is 0.220. The van der Waals surface area contributed by atoms with E-state index in [9.17, 15) is 4.79 Å². The van der Waals surface area contributed by atoms with Gasteiger partial charge < -0.3 is 10.1 Å². The summed E-state index contributed by atoms with van der Waals surface area (Å²) in [6.07, 6.45) is 5.31. The quantitative estimate of drug-likeness (QED) is 0.612. The monoisotopic (exact) mass is 395 g/mol. The Kier molecular flexibility index (Phi) is 6.28. The number of carbonyl (C=O) groups is 1. The molecule has 2 aromatic heterocycles. The predicted molar refractivity (Wildman–Crippen MR) is 106 cm³/mol. The normalized spacial score (nSPS) is 15.9. The molecule has 1 aliphatic heterocycles. The van der Waals surface area contributed by atoms with E-state index in [0.717, 1.165) is 38.4 Å². The topological polar surface area (TPSA) is 90.1 Å². The second kappa shape index (κ2) is 9.44. The van der Waals surface area contributed by atoms with E-state index in [1.807, 2.05) is 42.6 Å². The number of aromatic nitrogens is 5. The van der Waals surface area contributed by atoms with Gasteiger partial charge in [-0.1, -0.05) is 35.5 Å². The first-order chi connectivity index (χ1) is 14.3. The summed E-state index contributed by atoms with van der Waals surface area (Å²) in [5.74, 6) is -0.247. The molecular formula is C20H25N7O2. The molecule has 3 aromatic rings. The van der Waals surface area contributed by atoms with Gasteiger partial charge in [-0.05, 0) is 11.6 Å². The second-order valence-corrected chi connectivity index (χ2v) is 6.99. The third kappa shape index (κ3) is 5.27. The number of rotatable bonds is 8. The summed E-state index contributed by atoms with van der Waals surface area (Å²) in [4.78, 5) is 15.1. The van der Waals surface area contributed by atoms with E-state index in [2.05, 4.69) is 25.6 Å². The minimum atomic E-state index is -0.247. The van der Waals surface area contributed by atoms with E-state index in [1.165, 1.54) is 0 Å². The van der Waals surface area contributed by atoms with E-state index in [-0.39, 0.29) is 11.9 Å². The number of morpholine rings is 1. The van der Waals surface area contributed by atoms with Crippen molar-refractivity contribution in [1.29, 1.82) is 0 Å². The van der Waals surface area contributed by atoms with Gasteiger partial charge in [0.25, 0.3) is 5.91 Å². The SMILES string of the molecule is O=C(NC(Cn1cccn1)c1ccccc1)c1cn(CCN2CCOCC2)nn1. The van der Waals surface area contributed by atoms with Gasteiger partial charge in [0.05, 0.1) is 38.5 Å². The van der Waals surface area contributed by atoms with Crippen molar-refractivity contribution in [1.82, 2.24) is 35.0 Å². The van der Waals surface area contributed by atoms with Crippen LogP contribution in [0.5, 0.6) is 0 Å². The zero-order valence-corrected chi connectivity index (χ0v) is 16.2.